The molecule has 1 atom stereocenters. The van der Waals surface area contributed by atoms with Gasteiger partial charge in [0.1, 0.15) is 11.5 Å². The molecule has 0 radical (unpaired) electrons. The first-order chi connectivity index (χ1) is 22.3. The van der Waals surface area contributed by atoms with Crippen LogP contribution in [0.15, 0.2) is 72.8 Å². The molecule has 0 amide bonds. The van der Waals surface area contributed by atoms with Crippen molar-refractivity contribution >= 4 is 31.8 Å². The van der Waals surface area contributed by atoms with E-state index in [2.05, 4.69) is 77.1 Å². The Morgan fingerprint density at radius 3 is 1.45 bits per heavy atom. The Hall–Kier alpha value is -1.88. The molecule has 2 fully saturated rings. The Labute approximate surface area is 299 Å². The number of rotatable bonds is 9. The van der Waals surface area contributed by atoms with E-state index in [4.69, 9.17) is 9.47 Å². The van der Waals surface area contributed by atoms with Gasteiger partial charge in [-0.1, -0.05) is 51.1 Å². The van der Waals surface area contributed by atoms with E-state index < -0.39 is 7.92 Å². The number of aryl methyl sites for hydroxylation is 4. The molecular weight excluding hydrogens is 654 g/mol. The number of methoxy groups -OCH3 is 2. The van der Waals surface area contributed by atoms with Crippen molar-refractivity contribution in [3.8, 4) is 11.5 Å². The van der Waals surface area contributed by atoms with E-state index in [0.29, 0.717) is 5.66 Å². The van der Waals surface area contributed by atoms with Gasteiger partial charge in [-0.25, -0.2) is 18.2 Å². The average Bonchev–Trinajstić information content (AvgIpc) is 3.79. The van der Waals surface area contributed by atoms with Crippen LogP contribution >= 0.6 is 15.8 Å². The maximum absolute atomic E-state index is 5.80. The standard InChI is InChI=1S/C37H51O2P2.C5H5.Fe/c1-25-21-32(22-26(2)36(25)38-6)41(33-23-27(3)37(39-7)28(4)24-33)35-20-14-19-34(35)29(5)40(30-15-10-8-11-16-30)31-17-12-9-13-18-31;1-2-4-5-3-1;/h14,19-24,29-31H,8-13,15-18H2,1-7H3;1-5H;/q2*-1;+2/t29-;;/m1../s1. The maximum atomic E-state index is 5.80. The molecule has 2 nitrogen and oxygen atoms in total. The van der Waals surface area contributed by atoms with Crippen LogP contribution in [0.3, 0.4) is 0 Å². The van der Waals surface area contributed by atoms with Crippen molar-refractivity contribution in [1.82, 2.24) is 0 Å². The number of benzene rings is 2. The molecule has 0 aliphatic heterocycles. The van der Waals surface area contributed by atoms with Crippen molar-refractivity contribution in [2.45, 2.75) is 116 Å². The Morgan fingerprint density at radius 2 is 1.09 bits per heavy atom. The Morgan fingerprint density at radius 1 is 0.660 bits per heavy atom. The molecule has 6 rings (SSSR count). The SMILES string of the molecule is COc1c(C)cc(P(c2cc(C)c(OC)c(C)c2)c2[cH-]ccc2[C@@H](C)P(C2CCCCC2)C2CCCCC2)cc1C.[Fe+2].c1cc[cH-]c1. The summed E-state index contributed by atoms with van der Waals surface area (Å²) in [7, 11) is 2.81. The summed E-state index contributed by atoms with van der Waals surface area (Å²) in [6, 6.07) is 26.9. The van der Waals surface area contributed by atoms with E-state index in [9.17, 15) is 0 Å². The molecule has 0 spiro atoms. The van der Waals surface area contributed by atoms with E-state index in [-0.39, 0.29) is 25.0 Å². The zero-order valence-corrected chi connectivity index (χ0v) is 32.7. The molecule has 0 unspecified atom stereocenters. The third-order valence-electron chi connectivity index (χ3n) is 10.3. The number of ether oxygens (including phenoxy) is 2. The predicted octanol–water partition coefficient (Wildman–Crippen LogP) is 11.0. The average molecular weight is 711 g/mol. The van der Waals surface area contributed by atoms with Crippen LogP contribution in [-0.2, 0) is 17.1 Å². The van der Waals surface area contributed by atoms with Gasteiger partial charge in [-0.15, -0.1) is 13.2 Å². The minimum absolute atomic E-state index is 0. The fraction of sp³-hybridized carbons (Fsp3) is 0.476. The van der Waals surface area contributed by atoms with Crippen LogP contribution in [0.5, 0.6) is 11.5 Å². The summed E-state index contributed by atoms with van der Waals surface area (Å²) in [6.45, 7) is 11.4. The van der Waals surface area contributed by atoms with Crippen molar-refractivity contribution < 1.29 is 26.5 Å². The van der Waals surface area contributed by atoms with Gasteiger partial charge in [-0.05, 0) is 130 Å². The van der Waals surface area contributed by atoms with Crippen LogP contribution in [0.2, 0.25) is 0 Å². The van der Waals surface area contributed by atoms with Gasteiger partial charge in [-0.2, -0.15) is 35.9 Å². The van der Waals surface area contributed by atoms with Crippen LogP contribution in [0.1, 0.15) is 105 Å². The fourth-order valence-corrected chi connectivity index (χ4v) is 15.7. The molecule has 0 bridgehead atoms. The number of hydrogen-bond donors (Lipinski definition) is 0. The first-order valence-electron chi connectivity index (χ1n) is 17.6. The Bertz CT molecular complexity index is 1370. The van der Waals surface area contributed by atoms with E-state index >= 15 is 0 Å². The van der Waals surface area contributed by atoms with Gasteiger partial charge in [0.25, 0.3) is 0 Å². The summed E-state index contributed by atoms with van der Waals surface area (Å²) in [5.74, 6) is 2.03. The van der Waals surface area contributed by atoms with Crippen LogP contribution in [0, 0.1) is 27.7 Å². The van der Waals surface area contributed by atoms with Gasteiger partial charge in [0.2, 0.25) is 0 Å². The minimum atomic E-state index is -0.722. The number of hydrogen-bond acceptors (Lipinski definition) is 2. The molecule has 5 heteroatoms. The molecule has 0 N–H and O–H groups in total. The van der Waals surface area contributed by atoms with Crippen molar-refractivity contribution in [2.75, 3.05) is 14.2 Å². The summed E-state index contributed by atoms with van der Waals surface area (Å²) < 4.78 is 11.6. The molecule has 254 valence electrons. The molecule has 0 saturated heterocycles. The van der Waals surface area contributed by atoms with Gasteiger partial charge in [-0.3, -0.25) is 0 Å². The molecule has 47 heavy (non-hydrogen) atoms. The topological polar surface area (TPSA) is 18.5 Å². The van der Waals surface area contributed by atoms with E-state index in [1.807, 2.05) is 30.3 Å². The summed E-state index contributed by atoms with van der Waals surface area (Å²) in [6.07, 6.45) is 14.5. The van der Waals surface area contributed by atoms with Crippen molar-refractivity contribution in [1.29, 1.82) is 0 Å². The zero-order valence-electron chi connectivity index (χ0n) is 29.8. The molecular formula is C42H56FeO2P2. The summed E-state index contributed by atoms with van der Waals surface area (Å²) in [5.41, 5.74) is 9.08. The molecule has 0 aromatic heterocycles. The maximum Gasteiger partial charge on any atom is 2.00 e. The Balaban J connectivity index is 0.000000762. The van der Waals surface area contributed by atoms with Crippen LogP contribution in [-0.4, -0.2) is 25.5 Å². The van der Waals surface area contributed by atoms with E-state index in [0.717, 1.165) is 22.8 Å². The first-order valence-corrected chi connectivity index (χ1v) is 20.5. The van der Waals surface area contributed by atoms with Gasteiger partial charge in [0.15, 0.2) is 0 Å². The first kappa shape index (κ1) is 37.9. The second kappa shape index (κ2) is 18.2. The molecule has 2 aliphatic rings. The third-order valence-corrected chi connectivity index (χ3v) is 16.7. The van der Waals surface area contributed by atoms with Gasteiger partial charge in [0, 0.05) is 0 Å². The second-order valence-electron chi connectivity index (χ2n) is 13.6. The molecule has 0 heterocycles. The molecule has 2 aliphatic carbocycles. The normalized spacial score (nSPS) is 16.4. The monoisotopic (exact) mass is 710 g/mol. The summed E-state index contributed by atoms with van der Waals surface area (Å²) in [5, 5.41) is 4.43. The summed E-state index contributed by atoms with van der Waals surface area (Å²) in [4.78, 5) is 0. The van der Waals surface area contributed by atoms with Gasteiger partial charge >= 0.3 is 17.1 Å². The van der Waals surface area contributed by atoms with Crippen LogP contribution < -0.4 is 25.4 Å². The largest absolute Gasteiger partial charge is 2.00 e. The van der Waals surface area contributed by atoms with E-state index in [1.54, 1.807) is 25.1 Å². The molecule has 2 saturated carbocycles. The Kier molecular flexibility index (Phi) is 14.7. The van der Waals surface area contributed by atoms with Gasteiger partial charge < -0.3 is 9.47 Å². The van der Waals surface area contributed by atoms with Crippen molar-refractivity contribution in [2.24, 2.45) is 0 Å². The second-order valence-corrected chi connectivity index (χ2v) is 18.9. The fourth-order valence-electron chi connectivity index (χ4n) is 8.34. The smallest absolute Gasteiger partial charge is 0.496 e. The minimum Gasteiger partial charge on any atom is -0.496 e. The van der Waals surface area contributed by atoms with Crippen molar-refractivity contribution in [3.63, 3.8) is 0 Å². The molecule has 4 aromatic carbocycles. The third kappa shape index (κ3) is 9.03. The predicted molar refractivity (Wildman–Crippen MR) is 204 cm³/mol. The van der Waals surface area contributed by atoms with Crippen LogP contribution in [0.4, 0.5) is 0 Å². The van der Waals surface area contributed by atoms with E-state index in [1.165, 1.54) is 97.1 Å². The quantitative estimate of drug-likeness (QED) is 0.0978. The van der Waals surface area contributed by atoms with Crippen LogP contribution in [0.25, 0.3) is 0 Å². The summed E-state index contributed by atoms with van der Waals surface area (Å²) >= 11 is 0. The van der Waals surface area contributed by atoms with Gasteiger partial charge in [0.05, 0.1) is 14.2 Å². The van der Waals surface area contributed by atoms with Crippen molar-refractivity contribution in [3.05, 3.63) is 101 Å². The zero-order chi connectivity index (χ0) is 32.6. The molecule has 4 aromatic rings.